The molecule has 1 aliphatic rings. The maximum absolute atomic E-state index is 6.73. The van der Waals surface area contributed by atoms with Crippen molar-refractivity contribution in [1.29, 1.82) is 0 Å². The molecule has 100 valence electrons. The Hall–Kier alpha value is -0.820. The minimum atomic E-state index is -0.167. The van der Waals surface area contributed by atoms with Gasteiger partial charge in [-0.05, 0) is 49.7 Å². The summed E-state index contributed by atoms with van der Waals surface area (Å²) in [5.41, 5.74) is 9.24. The molecule has 2 rings (SSSR count). The third kappa shape index (κ3) is 2.61. The number of aryl methyl sites for hydroxylation is 1. The van der Waals surface area contributed by atoms with E-state index in [0.717, 1.165) is 5.92 Å². The molecule has 1 heteroatoms. The SMILES string of the molecule is CCC1CCCC(C(C)(N)c2ccccc2C)C1. The average Bonchev–Trinajstić information content (AvgIpc) is 2.39. The summed E-state index contributed by atoms with van der Waals surface area (Å²) in [5, 5.41) is 0. The molecule has 0 amide bonds. The van der Waals surface area contributed by atoms with Gasteiger partial charge in [0.15, 0.2) is 0 Å². The van der Waals surface area contributed by atoms with Crippen molar-refractivity contribution in [2.75, 3.05) is 0 Å². The molecule has 0 bridgehead atoms. The Kier molecular flexibility index (Phi) is 4.11. The Morgan fingerprint density at radius 1 is 1.28 bits per heavy atom. The highest BCUT2D eigenvalue weighted by molar-refractivity contribution is 5.32. The van der Waals surface area contributed by atoms with Crippen LogP contribution in [0.4, 0.5) is 0 Å². The van der Waals surface area contributed by atoms with Crippen LogP contribution in [-0.2, 0) is 5.54 Å². The van der Waals surface area contributed by atoms with Crippen LogP contribution < -0.4 is 5.73 Å². The fourth-order valence-electron chi connectivity index (χ4n) is 3.60. The molecule has 0 aliphatic heterocycles. The predicted molar refractivity (Wildman–Crippen MR) is 78.5 cm³/mol. The summed E-state index contributed by atoms with van der Waals surface area (Å²) in [4.78, 5) is 0. The van der Waals surface area contributed by atoms with E-state index in [4.69, 9.17) is 5.73 Å². The Bertz CT molecular complexity index is 394. The third-order valence-corrected chi connectivity index (χ3v) is 4.93. The summed E-state index contributed by atoms with van der Waals surface area (Å²) >= 11 is 0. The summed E-state index contributed by atoms with van der Waals surface area (Å²) in [5.74, 6) is 1.52. The number of rotatable bonds is 3. The van der Waals surface area contributed by atoms with Crippen LogP contribution in [0.3, 0.4) is 0 Å². The molecule has 0 aromatic heterocycles. The molecule has 0 spiro atoms. The second kappa shape index (κ2) is 5.44. The highest BCUT2D eigenvalue weighted by Crippen LogP contribution is 2.41. The first kappa shape index (κ1) is 13.6. The third-order valence-electron chi connectivity index (χ3n) is 4.93. The van der Waals surface area contributed by atoms with Gasteiger partial charge in [0.05, 0.1) is 0 Å². The molecule has 1 fully saturated rings. The molecule has 3 atom stereocenters. The lowest BCUT2D eigenvalue weighted by molar-refractivity contribution is 0.173. The zero-order valence-electron chi connectivity index (χ0n) is 12.1. The Balaban J connectivity index is 2.22. The topological polar surface area (TPSA) is 26.0 Å². The summed E-state index contributed by atoms with van der Waals surface area (Å²) in [7, 11) is 0. The summed E-state index contributed by atoms with van der Waals surface area (Å²) < 4.78 is 0. The largest absolute Gasteiger partial charge is 0.321 e. The minimum absolute atomic E-state index is 0.167. The monoisotopic (exact) mass is 245 g/mol. The lowest BCUT2D eigenvalue weighted by atomic mass is 9.68. The molecular formula is C17H27N. The number of hydrogen-bond acceptors (Lipinski definition) is 1. The molecule has 2 N–H and O–H groups in total. The van der Waals surface area contributed by atoms with Crippen molar-refractivity contribution in [2.24, 2.45) is 17.6 Å². The lowest BCUT2D eigenvalue weighted by Gasteiger charge is -2.40. The van der Waals surface area contributed by atoms with Gasteiger partial charge in [-0.1, -0.05) is 50.5 Å². The van der Waals surface area contributed by atoms with E-state index < -0.39 is 0 Å². The maximum atomic E-state index is 6.73. The fraction of sp³-hybridized carbons (Fsp3) is 0.647. The highest BCUT2D eigenvalue weighted by atomic mass is 14.8. The van der Waals surface area contributed by atoms with E-state index in [1.54, 1.807) is 0 Å². The number of benzene rings is 1. The maximum Gasteiger partial charge on any atom is 0.0412 e. The van der Waals surface area contributed by atoms with Crippen molar-refractivity contribution in [3.63, 3.8) is 0 Å². The zero-order valence-corrected chi connectivity index (χ0v) is 12.1. The molecule has 3 unspecified atom stereocenters. The van der Waals surface area contributed by atoms with Crippen molar-refractivity contribution in [1.82, 2.24) is 0 Å². The summed E-state index contributed by atoms with van der Waals surface area (Å²) in [6.45, 7) is 6.73. The van der Waals surface area contributed by atoms with E-state index in [-0.39, 0.29) is 5.54 Å². The molecule has 18 heavy (non-hydrogen) atoms. The van der Waals surface area contributed by atoms with E-state index in [1.165, 1.54) is 43.2 Å². The van der Waals surface area contributed by atoms with Crippen LogP contribution in [0.1, 0.15) is 57.1 Å². The standard InChI is InChI=1S/C17H27N/c1-4-14-9-7-10-15(12-14)17(3,18)16-11-6-5-8-13(16)2/h5-6,8,11,14-15H,4,7,9-10,12,18H2,1-3H3. The van der Waals surface area contributed by atoms with Crippen LogP contribution in [0.15, 0.2) is 24.3 Å². The molecule has 0 saturated heterocycles. The van der Waals surface area contributed by atoms with E-state index in [9.17, 15) is 0 Å². The molecule has 1 aromatic carbocycles. The Morgan fingerprint density at radius 2 is 2.00 bits per heavy atom. The molecule has 1 nitrogen and oxygen atoms in total. The average molecular weight is 245 g/mol. The second-order valence-corrected chi connectivity index (χ2v) is 6.24. The van der Waals surface area contributed by atoms with E-state index >= 15 is 0 Å². The first-order chi connectivity index (χ1) is 8.55. The number of nitrogens with two attached hydrogens (primary N) is 1. The van der Waals surface area contributed by atoms with E-state index in [2.05, 4.69) is 45.0 Å². The van der Waals surface area contributed by atoms with Crippen LogP contribution in [0.25, 0.3) is 0 Å². The predicted octanol–water partition coefficient (Wildman–Crippen LogP) is 4.39. The molecule has 1 aromatic rings. The number of hydrogen-bond donors (Lipinski definition) is 1. The van der Waals surface area contributed by atoms with Crippen LogP contribution in [0.5, 0.6) is 0 Å². The van der Waals surface area contributed by atoms with Gasteiger partial charge in [-0.15, -0.1) is 0 Å². The Morgan fingerprint density at radius 3 is 2.67 bits per heavy atom. The van der Waals surface area contributed by atoms with Crippen molar-refractivity contribution in [3.8, 4) is 0 Å². The lowest BCUT2D eigenvalue weighted by Crippen LogP contribution is -2.43. The quantitative estimate of drug-likeness (QED) is 0.840. The zero-order chi connectivity index (χ0) is 13.2. The molecular weight excluding hydrogens is 218 g/mol. The van der Waals surface area contributed by atoms with Gasteiger partial charge < -0.3 is 5.73 Å². The van der Waals surface area contributed by atoms with Crippen molar-refractivity contribution >= 4 is 0 Å². The van der Waals surface area contributed by atoms with Crippen molar-refractivity contribution < 1.29 is 0 Å². The van der Waals surface area contributed by atoms with E-state index in [1.807, 2.05) is 0 Å². The minimum Gasteiger partial charge on any atom is -0.321 e. The molecule has 1 saturated carbocycles. The van der Waals surface area contributed by atoms with Crippen LogP contribution >= 0.6 is 0 Å². The molecule has 0 heterocycles. The normalized spacial score (nSPS) is 27.8. The fourth-order valence-corrected chi connectivity index (χ4v) is 3.60. The van der Waals surface area contributed by atoms with Gasteiger partial charge >= 0.3 is 0 Å². The van der Waals surface area contributed by atoms with Crippen molar-refractivity contribution in [3.05, 3.63) is 35.4 Å². The highest BCUT2D eigenvalue weighted by Gasteiger charge is 2.35. The van der Waals surface area contributed by atoms with Gasteiger partial charge in [0.25, 0.3) is 0 Å². The first-order valence-electron chi connectivity index (χ1n) is 7.40. The smallest absolute Gasteiger partial charge is 0.0412 e. The summed E-state index contributed by atoms with van der Waals surface area (Å²) in [6, 6.07) is 8.61. The second-order valence-electron chi connectivity index (χ2n) is 6.24. The van der Waals surface area contributed by atoms with Gasteiger partial charge in [0.1, 0.15) is 0 Å². The van der Waals surface area contributed by atoms with Gasteiger partial charge in [-0.2, -0.15) is 0 Å². The van der Waals surface area contributed by atoms with Gasteiger partial charge in [0, 0.05) is 5.54 Å². The molecule has 0 radical (unpaired) electrons. The summed E-state index contributed by atoms with van der Waals surface area (Å²) in [6.07, 6.45) is 6.65. The van der Waals surface area contributed by atoms with Gasteiger partial charge in [-0.25, -0.2) is 0 Å². The Labute approximate surface area is 112 Å². The van der Waals surface area contributed by atoms with Gasteiger partial charge in [-0.3, -0.25) is 0 Å². The molecule has 1 aliphatic carbocycles. The van der Waals surface area contributed by atoms with Gasteiger partial charge in [0.2, 0.25) is 0 Å². The first-order valence-corrected chi connectivity index (χ1v) is 7.40. The van der Waals surface area contributed by atoms with Crippen LogP contribution in [0, 0.1) is 18.8 Å². The van der Waals surface area contributed by atoms with Crippen LogP contribution in [-0.4, -0.2) is 0 Å². The van der Waals surface area contributed by atoms with Crippen LogP contribution in [0.2, 0.25) is 0 Å². The van der Waals surface area contributed by atoms with E-state index in [0.29, 0.717) is 5.92 Å². The van der Waals surface area contributed by atoms with Crippen molar-refractivity contribution in [2.45, 2.75) is 58.4 Å².